The molecule has 0 saturated carbocycles. The Kier molecular flexibility index (Phi) is 6.99. The molecular weight excluding hydrogens is 567 g/mol. The number of carbonyl (C=O) groups is 1. The highest BCUT2D eigenvalue weighted by atomic mass is 35.5. The summed E-state index contributed by atoms with van der Waals surface area (Å²) in [6.07, 6.45) is -1.64. The number of carboxylic acid groups (broad SMARTS) is 1. The molecule has 1 N–H and O–H groups in total. The fourth-order valence-corrected chi connectivity index (χ4v) is 5.70. The number of nitriles is 1. The first-order chi connectivity index (χ1) is 19.0. The highest BCUT2D eigenvalue weighted by Gasteiger charge is 2.32. The Morgan fingerprint density at radius 2 is 2.00 bits per heavy atom. The molecule has 5 aromatic rings. The van der Waals surface area contributed by atoms with Gasteiger partial charge in [-0.25, -0.2) is 4.79 Å². The van der Waals surface area contributed by atoms with Crippen molar-refractivity contribution in [3.05, 3.63) is 91.7 Å². The molecule has 7 nitrogen and oxygen atoms in total. The smallest absolute Gasteiger partial charge is 0.416 e. The second kappa shape index (κ2) is 10.3. The van der Waals surface area contributed by atoms with Crippen LogP contribution < -0.4 is 10.2 Å². The Balaban J connectivity index is 1.49. The summed E-state index contributed by atoms with van der Waals surface area (Å²) in [6, 6.07) is 9.93. The lowest BCUT2D eigenvalue weighted by Gasteiger charge is -2.15. The minimum atomic E-state index is -4.67. The number of halogens is 4. The summed E-state index contributed by atoms with van der Waals surface area (Å²) in [4.78, 5) is 29.0. The number of pyridine rings is 2. The number of thiophene rings is 1. The molecule has 0 aliphatic carbocycles. The Bertz CT molecular complexity index is 1930. The SMILES string of the molecule is Cn1cc(CCOc2ccc(Cl)cc2-c2ccnc3c(C(=O)O)csc23)c(=O)c2c(C#N)cc(C(F)(F)F)cc21. The highest BCUT2D eigenvalue weighted by molar-refractivity contribution is 7.18. The number of carboxylic acids is 1. The number of aromatic carboxylic acids is 1. The minimum absolute atomic E-state index is 0.000544. The summed E-state index contributed by atoms with van der Waals surface area (Å²) in [7, 11) is 1.51. The van der Waals surface area contributed by atoms with E-state index in [1.165, 1.54) is 40.7 Å². The molecule has 0 aliphatic rings. The van der Waals surface area contributed by atoms with Gasteiger partial charge in [-0.05, 0) is 36.4 Å². The minimum Gasteiger partial charge on any atom is -0.493 e. The Morgan fingerprint density at radius 1 is 1.23 bits per heavy atom. The summed E-state index contributed by atoms with van der Waals surface area (Å²) < 4.78 is 48.0. The van der Waals surface area contributed by atoms with Crippen LogP contribution in [-0.4, -0.2) is 27.2 Å². The van der Waals surface area contributed by atoms with E-state index in [9.17, 15) is 33.1 Å². The van der Waals surface area contributed by atoms with Crippen molar-refractivity contribution in [1.82, 2.24) is 9.55 Å². The van der Waals surface area contributed by atoms with E-state index >= 15 is 0 Å². The van der Waals surface area contributed by atoms with Crippen LogP contribution in [0.2, 0.25) is 5.02 Å². The topological polar surface area (TPSA) is 105 Å². The molecule has 2 aromatic carbocycles. The van der Waals surface area contributed by atoms with Gasteiger partial charge in [0.1, 0.15) is 5.75 Å². The number of ether oxygens (including phenoxy) is 1. The van der Waals surface area contributed by atoms with Gasteiger partial charge in [0.25, 0.3) is 0 Å². The van der Waals surface area contributed by atoms with Crippen molar-refractivity contribution in [2.75, 3.05) is 6.61 Å². The third-order valence-corrected chi connectivity index (χ3v) is 7.60. The van der Waals surface area contributed by atoms with Crippen molar-refractivity contribution in [3.63, 3.8) is 0 Å². The van der Waals surface area contributed by atoms with Crippen LogP contribution in [0.5, 0.6) is 5.75 Å². The molecule has 0 amide bonds. The molecule has 0 atom stereocenters. The van der Waals surface area contributed by atoms with Gasteiger partial charge in [0, 0.05) is 53.0 Å². The second-order valence-electron chi connectivity index (χ2n) is 8.85. The number of aryl methyl sites for hydroxylation is 1. The van der Waals surface area contributed by atoms with E-state index in [1.807, 2.05) is 0 Å². The maximum absolute atomic E-state index is 13.3. The van der Waals surface area contributed by atoms with Crippen molar-refractivity contribution in [2.24, 2.45) is 7.05 Å². The maximum Gasteiger partial charge on any atom is 0.416 e. The van der Waals surface area contributed by atoms with Gasteiger partial charge < -0.3 is 14.4 Å². The van der Waals surface area contributed by atoms with E-state index in [0.29, 0.717) is 38.2 Å². The zero-order valence-corrected chi connectivity index (χ0v) is 22.1. The van der Waals surface area contributed by atoms with Gasteiger partial charge in [0.2, 0.25) is 0 Å². The Labute approximate surface area is 233 Å². The molecule has 0 fully saturated rings. The molecule has 12 heteroatoms. The van der Waals surface area contributed by atoms with Gasteiger partial charge in [-0.1, -0.05) is 11.6 Å². The standard InChI is InChI=1S/C28H17ClF3N3O4S/c1-35-12-14(25(36)23-15(11-33)8-16(9-21(23)35)28(30,31)32)5-7-39-22-3-2-17(29)10-19(22)18-4-6-34-24-20(27(37)38)13-40-26(18)24/h2-4,6,8-10,12-13H,5,7H2,1H3,(H,37,38). The molecule has 3 aromatic heterocycles. The van der Waals surface area contributed by atoms with Crippen LogP contribution in [0.15, 0.2) is 59.0 Å². The normalized spacial score (nSPS) is 11.6. The lowest BCUT2D eigenvalue weighted by atomic mass is 10.0. The quantitative estimate of drug-likeness (QED) is 0.239. The van der Waals surface area contributed by atoms with Crippen LogP contribution in [0, 0.1) is 11.3 Å². The third kappa shape index (κ3) is 4.87. The van der Waals surface area contributed by atoms with Gasteiger partial charge >= 0.3 is 12.1 Å². The lowest BCUT2D eigenvalue weighted by molar-refractivity contribution is -0.137. The van der Waals surface area contributed by atoms with E-state index in [1.54, 1.807) is 30.3 Å². The first kappa shape index (κ1) is 27.2. The molecule has 202 valence electrons. The van der Waals surface area contributed by atoms with Crippen LogP contribution in [0.25, 0.3) is 32.2 Å². The molecule has 0 radical (unpaired) electrons. The second-order valence-corrected chi connectivity index (χ2v) is 10.2. The van der Waals surface area contributed by atoms with Crippen molar-refractivity contribution in [2.45, 2.75) is 12.6 Å². The van der Waals surface area contributed by atoms with Crippen molar-refractivity contribution in [3.8, 4) is 22.9 Å². The van der Waals surface area contributed by atoms with Crippen LogP contribution in [0.3, 0.4) is 0 Å². The number of aromatic nitrogens is 2. The number of fused-ring (bicyclic) bond motifs is 2. The molecule has 0 aliphatic heterocycles. The number of alkyl halides is 3. The van der Waals surface area contributed by atoms with E-state index in [4.69, 9.17) is 16.3 Å². The maximum atomic E-state index is 13.3. The van der Waals surface area contributed by atoms with Crippen molar-refractivity contribution >= 4 is 50.0 Å². The summed E-state index contributed by atoms with van der Waals surface area (Å²) in [5, 5.41) is 20.8. The Morgan fingerprint density at radius 3 is 2.70 bits per heavy atom. The molecule has 3 heterocycles. The number of hydrogen-bond acceptors (Lipinski definition) is 6. The average molecular weight is 584 g/mol. The number of benzene rings is 2. The summed E-state index contributed by atoms with van der Waals surface area (Å²) >= 11 is 7.49. The molecule has 0 saturated heterocycles. The van der Waals surface area contributed by atoms with E-state index in [-0.39, 0.29) is 40.6 Å². The highest BCUT2D eigenvalue weighted by Crippen LogP contribution is 2.39. The van der Waals surface area contributed by atoms with Crippen LogP contribution in [-0.2, 0) is 19.6 Å². The van der Waals surface area contributed by atoms with Crippen LogP contribution in [0.1, 0.15) is 27.0 Å². The first-order valence-corrected chi connectivity index (χ1v) is 12.9. The lowest BCUT2D eigenvalue weighted by Crippen LogP contribution is -2.18. The third-order valence-electron chi connectivity index (χ3n) is 6.36. The summed E-state index contributed by atoms with van der Waals surface area (Å²) in [5.74, 6) is -0.670. The first-order valence-electron chi connectivity index (χ1n) is 11.7. The van der Waals surface area contributed by atoms with Gasteiger partial charge in [0.05, 0.1) is 50.5 Å². The van der Waals surface area contributed by atoms with Gasteiger partial charge in [-0.3, -0.25) is 9.78 Å². The predicted molar refractivity (Wildman–Crippen MR) is 145 cm³/mol. The predicted octanol–water partition coefficient (Wildman–Crippen LogP) is 6.68. The van der Waals surface area contributed by atoms with Crippen molar-refractivity contribution < 1.29 is 27.8 Å². The Hall–Kier alpha value is -4.40. The van der Waals surface area contributed by atoms with Gasteiger partial charge in [0.15, 0.2) is 5.43 Å². The van der Waals surface area contributed by atoms with Gasteiger partial charge in [-0.2, -0.15) is 18.4 Å². The summed E-state index contributed by atoms with van der Waals surface area (Å²) in [5.41, 5.74) is 0.0270. The number of hydrogen-bond donors (Lipinski definition) is 1. The number of nitrogens with zero attached hydrogens (tertiary/aromatic N) is 3. The van der Waals surface area contributed by atoms with E-state index in [0.717, 1.165) is 6.07 Å². The molecule has 5 rings (SSSR count). The van der Waals surface area contributed by atoms with Crippen molar-refractivity contribution in [1.29, 1.82) is 5.26 Å². The average Bonchev–Trinajstić information content (AvgIpc) is 3.36. The largest absolute Gasteiger partial charge is 0.493 e. The number of rotatable bonds is 6. The fourth-order valence-electron chi connectivity index (χ4n) is 4.50. The molecule has 0 spiro atoms. The van der Waals surface area contributed by atoms with E-state index < -0.39 is 23.1 Å². The van der Waals surface area contributed by atoms with Crippen LogP contribution in [0.4, 0.5) is 13.2 Å². The summed E-state index contributed by atoms with van der Waals surface area (Å²) in [6.45, 7) is 0.0247. The molecule has 0 unspecified atom stereocenters. The molecule has 0 bridgehead atoms. The van der Waals surface area contributed by atoms with Gasteiger partial charge in [-0.15, -0.1) is 11.3 Å². The molecule has 40 heavy (non-hydrogen) atoms. The van der Waals surface area contributed by atoms with Crippen LogP contribution >= 0.6 is 22.9 Å². The van der Waals surface area contributed by atoms with E-state index in [2.05, 4.69) is 4.98 Å². The molecular formula is C28H17ClF3N3O4S. The zero-order chi connectivity index (χ0) is 28.8. The monoisotopic (exact) mass is 583 g/mol. The zero-order valence-electron chi connectivity index (χ0n) is 20.5. The fraction of sp³-hybridized carbons (Fsp3) is 0.143.